The molecule has 3 atom stereocenters. The van der Waals surface area contributed by atoms with Crippen molar-refractivity contribution >= 4 is 29.6 Å². The molecule has 2 rings (SSSR count). The standard InChI is InChI=1S/C13H20N2O4S/c1-12(2,3)11(18)19-10(17)7-13(4,5)20-9-6(14)8(16)15(7)9/h6-7,9H,14H2,1-5H3/t6-,7+,9-/m1/s1. The van der Waals surface area contributed by atoms with Gasteiger partial charge in [-0.25, -0.2) is 4.79 Å². The highest BCUT2D eigenvalue weighted by atomic mass is 32.2. The van der Waals surface area contributed by atoms with Crippen molar-refractivity contribution in [2.75, 3.05) is 0 Å². The van der Waals surface area contributed by atoms with E-state index < -0.39 is 34.2 Å². The number of hydrogen-bond acceptors (Lipinski definition) is 6. The van der Waals surface area contributed by atoms with Crippen molar-refractivity contribution in [2.45, 2.75) is 56.8 Å². The van der Waals surface area contributed by atoms with Crippen molar-refractivity contribution < 1.29 is 19.1 Å². The van der Waals surface area contributed by atoms with Crippen LogP contribution in [0.25, 0.3) is 0 Å². The highest BCUT2D eigenvalue weighted by molar-refractivity contribution is 8.01. The van der Waals surface area contributed by atoms with Gasteiger partial charge >= 0.3 is 11.9 Å². The predicted molar refractivity (Wildman–Crippen MR) is 74.6 cm³/mol. The first-order chi connectivity index (χ1) is 8.97. The lowest BCUT2D eigenvalue weighted by atomic mass is 9.95. The van der Waals surface area contributed by atoms with Crippen LogP contribution in [0.3, 0.4) is 0 Å². The number of nitrogens with two attached hydrogens (primary N) is 1. The molecule has 0 radical (unpaired) electrons. The van der Waals surface area contributed by atoms with Crippen LogP contribution in [0.15, 0.2) is 0 Å². The van der Waals surface area contributed by atoms with Gasteiger partial charge in [-0.1, -0.05) is 0 Å². The van der Waals surface area contributed by atoms with E-state index >= 15 is 0 Å². The average molecular weight is 300 g/mol. The normalized spacial score (nSPS) is 31.6. The van der Waals surface area contributed by atoms with Crippen molar-refractivity contribution in [1.29, 1.82) is 0 Å². The molecule has 0 aliphatic carbocycles. The van der Waals surface area contributed by atoms with Gasteiger partial charge in [0.15, 0.2) is 0 Å². The third kappa shape index (κ3) is 2.22. The van der Waals surface area contributed by atoms with Crippen molar-refractivity contribution in [3.8, 4) is 0 Å². The average Bonchev–Trinajstić information content (AvgIpc) is 2.56. The molecule has 6 nitrogen and oxygen atoms in total. The van der Waals surface area contributed by atoms with Gasteiger partial charge in [0.05, 0.1) is 5.41 Å². The van der Waals surface area contributed by atoms with Crippen LogP contribution in [0.2, 0.25) is 0 Å². The Labute approximate surface area is 122 Å². The molecule has 0 aromatic carbocycles. The number of fused-ring (bicyclic) bond motifs is 1. The number of thioether (sulfide) groups is 1. The Balaban J connectivity index is 2.17. The Hall–Kier alpha value is -1.08. The van der Waals surface area contributed by atoms with Crippen LogP contribution in [0.4, 0.5) is 0 Å². The zero-order valence-electron chi connectivity index (χ0n) is 12.3. The second-order valence-electron chi connectivity index (χ2n) is 6.74. The number of rotatable bonds is 1. The molecule has 0 aromatic rings. The van der Waals surface area contributed by atoms with E-state index in [-0.39, 0.29) is 11.3 Å². The summed E-state index contributed by atoms with van der Waals surface area (Å²) < 4.78 is 4.42. The summed E-state index contributed by atoms with van der Waals surface area (Å²) in [5, 5.41) is -0.209. The summed E-state index contributed by atoms with van der Waals surface area (Å²) in [7, 11) is 0. The van der Waals surface area contributed by atoms with Crippen molar-refractivity contribution in [3.63, 3.8) is 0 Å². The zero-order valence-corrected chi connectivity index (χ0v) is 13.1. The number of ether oxygens (including phenoxy) is 1. The van der Waals surface area contributed by atoms with E-state index in [1.54, 1.807) is 20.8 Å². The van der Waals surface area contributed by atoms with Crippen molar-refractivity contribution in [1.82, 2.24) is 4.90 Å². The van der Waals surface area contributed by atoms with E-state index in [0.29, 0.717) is 0 Å². The van der Waals surface area contributed by atoms with Gasteiger partial charge in [-0.2, -0.15) is 0 Å². The molecule has 1 amide bonds. The Bertz CT molecular complexity index is 483. The first-order valence-electron chi connectivity index (χ1n) is 6.48. The molecule has 20 heavy (non-hydrogen) atoms. The van der Waals surface area contributed by atoms with Gasteiger partial charge in [0.2, 0.25) is 5.91 Å². The first-order valence-corrected chi connectivity index (χ1v) is 7.36. The fourth-order valence-corrected chi connectivity index (χ4v) is 3.89. The van der Waals surface area contributed by atoms with Gasteiger partial charge in [0.1, 0.15) is 17.5 Å². The topological polar surface area (TPSA) is 89.7 Å². The van der Waals surface area contributed by atoms with Crippen LogP contribution in [-0.2, 0) is 19.1 Å². The molecule has 7 heteroatoms. The number of β-lactam (4-membered cyclic amide) rings is 1. The summed E-state index contributed by atoms with van der Waals surface area (Å²) in [5.74, 6) is -1.53. The number of hydrogen-bond donors (Lipinski definition) is 1. The van der Waals surface area contributed by atoms with Gasteiger partial charge < -0.3 is 15.4 Å². The largest absolute Gasteiger partial charge is 0.391 e. The Morgan fingerprint density at radius 1 is 1.35 bits per heavy atom. The maximum absolute atomic E-state index is 12.3. The molecule has 112 valence electrons. The van der Waals surface area contributed by atoms with E-state index in [1.807, 2.05) is 13.8 Å². The third-order valence-electron chi connectivity index (χ3n) is 3.51. The molecule has 0 saturated carbocycles. The molecule has 0 unspecified atom stereocenters. The third-order valence-corrected chi connectivity index (χ3v) is 5.10. The summed E-state index contributed by atoms with van der Waals surface area (Å²) in [4.78, 5) is 37.3. The minimum absolute atomic E-state index is 0.209. The molecule has 2 aliphatic rings. The fraction of sp³-hybridized carbons (Fsp3) is 0.769. The molecule has 0 bridgehead atoms. The van der Waals surface area contributed by atoms with Crippen LogP contribution < -0.4 is 5.73 Å². The number of carbonyl (C=O) groups is 3. The Kier molecular flexibility index (Phi) is 3.41. The van der Waals surface area contributed by atoms with Crippen LogP contribution >= 0.6 is 11.8 Å². The quantitative estimate of drug-likeness (QED) is 0.431. The molecule has 2 N–H and O–H groups in total. The summed E-state index contributed by atoms with van der Waals surface area (Å²) in [6, 6.07) is -1.34. The van der Waals surface area contributed by atoms with E-state index in [4.69, 9.17) is 10.5 Å². The monoisotopic (exact) mass is 300 g/mol. The highest BCUT2D eigenvalue weighted by Gasteiger charge is 2.63. The summed E-state index contributed by atoms with van der Waals surface area (Å²) in [6.45, 7) is 8.72. The number of amides is 1. The van der Waals surface area contributed by atoms with Gasteiger partial charge in [0, 0.05) is 4.75 Å². The van der Waals surface area contributed by atoms with Crippen LogP contribution in [-0.4, -0.2) is 45.0 Å². The smallest absolute Gasteiger partial charge is 0.337 e. The maximum atomic E-state index is 12.3. The first kappa shape index (κ1) is 15.3. The minimum atomic E-state index is -0.768. The van der Waals surface area contributed by atoms with Gasteiger partial charge in [-0.15, -0.1) is 11.8 Å². The molecule has 0 spiro atoms. The molecular weight excluding hydrogens is 280 g/mol. The second kappa shape index (κ2) is 4.46. The second-order valence-corrected chi connectivity index (χ2v) is 8.52. The van der Waals surface area contributed by atoms with E-state index in [2.05, 4.69) is 0 Å². The minimum Gasteiger partial charge on any atom is -0.391 e. The zero-order chi connectivity index (χ0) is 15.5. The summed E-state index contributed by atoms with van der Waals surface area (Å²) in [6.07, 6.45) is 0. The maximum Gasteiger partial charge on any atom is 0.337 e. The molecule has 0 aromatic heterocycles. The number of esters is 2. The summed E-state index contributed by atoms with van der Waals surface area (Å²) >= 11 is 1.47. The lowest BCUT2D eigenvalue weighted by Crippen LogP contribution is -2.69. The predicted octanol–water partition coefficient (Wildman–Crippen LogP) is 0.492. The number of nitrogens with zero attached hydrogens (tertiary/aromatic N) is 1. The molecular formula is C13H20N2O4S. The Morgan fingerprint density at radius 3 is 2.40 bits per heavy atom. The Morgan fingerprint density at radius 2 is 1.90 bits per heavy atom. The molecule has 2 aliphatic heterocycles. The van der Waals surface area contributed by atoms with Crippen molar-refractivity contribution in [3.05, 3.63) is 0 Å². The van der Waals surface area contributed by atoms with Crippen LogP contribution in [0.5, 0.6) is 0 Å². The SMILES string of the molecule is CC(C)(C)C(=O)OC(=O)[C@@H]1N2C(=O)[C@@H](N)[C@H]2SC1(C)C. The molecule has 2 fully saturated rings. The van der Waals surface area contributed by atoms with Gasteiger partial charge in [-0.3, -0.25) is 9.59 Å². The van der Waals surface area contributed by atoms with Crippen LogP contribution in [0, 0.1) is 5.41 Å². The van der Waals surface area contributed by atoms with Crippen molar-refractivity contribution in [2.24, 2.45) is 11.1 Å². The summed E-state index contributed by atoms with van der Waals surface area (Å²) in [5.41, 5.74) is 4.97. The molecule has 2 saturated heterocycles. The fourth-order valence-electron chi connectivity index (χ4n) is 2.32. The van der Waals surface area contributed by atoms with E-state index in [0.717, 1.165) is 0 Å². The van der Waals surface area contributed by atoms with Crippen LogP contribution in [0.1, 0.15) is 34.6 Å². The lowest BCUT2D eigenvalue weighted by molar-refractivity contribution is -0.174. The van der Waals surface area contributed by atoms with Gasteiger partial charge in [0.25, 0.3) is 0 Å². The highest BCUT2D eigenvalue weighted by Crippen LogP contribution is 2.50. The van der Waals surface area contributed by atoms with E-state index in [9.17, 15) is 14.4 Å². The van der Waals surface area contributed by atoms with E-state index in [1.165, 1.54) is 16.7 Å². The lowest BCUT2D eigenvalue weighted by Gasteiger charge is -2.41. The number of carbonyl (C=O) groups excluding carboxylic acids is 3. The van der Waals surface area contributed by atoms with Gasteiger partial charge in [-0.05, 0) is 34.6 Å². The molecule has 2 heterocycles.